The lowest BCUT2D eigenvalue weighted by Crippen LogP contribution is -2.50. The molecule has 0 N–H and O–H groups in total. The Hall–Kier alpha value is -0.370. The van der Waals surface area contributed by atoms with Crippen molar-refractivity contribution in [2.75, 3.05) is 7.05 Å². The number of piperidine rings is 1. The van der Waals surface area contributed by atoms with Crippen molar-refractivity contribution in [1.82, 2.24) is 4.90 Å². The lowest BCUT2D eigenvalue weighted by atomic mass is 9.82. The monoisotopic (exact) mass is 239 g/mol. The molecule has 0 aromatic carbocycles. The number of hydrogen-bond acceptors (Lipinski definition) is 2. The molecule has 0 aromatic heterocycles. The SMILES string of the molecule is CCCCCCC1CCC(C(C)=O)N(C)C1C. The van der Waals surface area contributed by atoms with E-state index in [4.69, 9.17) is 0 Å². The minimum absolute atomic E-state index is 0.178. The molecule has 1 rings (SSSR count). The molecule has 1 aliphatic rings. The number of Topliss-reactive ketones (excluding diaryl/α,β-unsaturated/α-hetero) is 1. The summed E-state index contributed by atoms with van der Waals surface area (Å²) in [4.78, 5) is 13.8. The average Bonchev–Trinajstić information content (AvgIpc) is 2.29. The Balaban J connectivity index is 2.37. The molecule has 1 heterocycles. The van der Waals surface area contributed by atoms with Crippen LogP contribution in [0.3, 0.4) is 0 Å². The van der Waals surface area contributed by atoms with Gasteiger partial charge < -0.3 is 0 Å². The highest BCUT2D eigenvalue weighted by Gasteiger charge is 2.33. The first kappa shape index (κ1) is 14.7. The van der Waals surface area contributed by atoms with Crippen molar-refractivity contribution in [3.63, 3.8) is 0 Å². The van der Waals surface area contributed by atoms with E-state index in [9.17, 15) is 4.79 Å². The van der Waals surface area contributed by atoms with Crippen LogP contribution in [0.5, 0.6) is 0 Å². The number of carbonyl (C=O) groups is 1. The Labute approximate surface area is 107 Å². The number of unbranched alkanes of at least 4 members (excludes halogenated alkanes) is 3. The molecule has 0 aromatic rings. The molecule has 0 bridgehead atoms. The van der Waals surface area contributed by atoms with E-state index in [0.717, 1.165) is 12.3 Å². The molecule has 1 fully saturated rings. The molecular weight excluding hydrogens is 210 g/mol. The highest BCUT2D eigenvalue weighted by Crippen LogP contribution is 2.30. The summed E-state index contributed by atoms with van der Waals surface area (Å²) in [7, 11) is 2.12. The average molecular weight is 239 g/mol. The zero-order valence-corrected chi connectivity index (χ0v) is 12.0. The van der Waals surface area contributed by atoms with Gasteiger partial charge in [-0.15, -0.1) is 0 Å². The Morgan fingerprint density at radius 3 is 2.53 bits per heavy atom. The lowest BCUT2D eigenvalue weighted by Gasteiger charge is -2.42. The van der Waals surface area contributed by atoms with Crippen LogP contribution in [0.2, 0.25) is 0 Å². The third-order valence-electron chi connectivity index (χ3n) is 4.52. The third kappa shape index (κ3) is 4.09. The number of carbonyl (C=O) groups excluding carboxylic acids is 1. The molecule has 2 heteroatoms. The van der Waals surface area contributed by atoms with Crippen molar-refractivity contribution < 1.29 is 4.79 Å². The molecule has 0 aliphatic carbocycles. The molecule has 2 nitrogen and oxygen atoms in total. The van der Waals surface area contributed by atoms with Crippen LogP contribution in [0.25, 0.3) is 0 Å². The van der Waals surface area contributed by atoms with E-state index in [1.54, 1.807) is 6.92 Å². The molecule has 1 aliphatic heterocycles. The molecule has 0 amide bonds. The summed E-state index contributed by atoms with van der Waals surface area (Å²) in [5.74, 6) is 1.14. The predicted molar refractivity (Wildman–Crippen MR) is 73.2 cm³/mol. The number of hydrogen-bond donors (Lipinski definition) is 0. The van der Waals surface area contributed by atoms with Gasteiger partial charge in [0.15, 0.2) is 0 Å². The van der Waals surface area contributed by atoms with Gasteiger partial charge in [-0.1, -0.05) is 32.6 Å². The van der Waals surface area contributed by atoms with E-state index in [0.29, 0.717) is 11.8 Å². The van der Waals surface area contributed by atoms with E-state index in [1.165, 1.54) is 38.5 Å². The van der Waals surface area contributed by atoms with Crippen LogP contribution in [0.15, 0.2) is 0 Å². The fourth-order valence-electron chi connectivity index (χ4n) is 3.14. The first-order chi connectivity index (χ1) is 8.07. The second-order valence-corrected chi connectivity index (χ2v) is 5.72. The predicted octanol–water partition coefficient (Wildman–Crippen LogP) is 3.64. The normalized spacial score (nSPS) is 30.5. The largest absolute Gasteiger partial charge is 0.298 e. The molecule has 1 saturated heterocycles. The molecule has 0 radical (unpaired) electrons. The first-order valence-electron chi connectivity index (χ1n) is 7.30. The fourth-order valence-corrected chi connectivity index (χ4v) is 3.14. The summed E-state index contributed by atoms with van der Waals surface area (Å²) in [5.41, 5.74) is 0. The minimum atomic E-state index is 0.178. The Kier molecular flexibility index (Phi) is 6.18. The van der Waals surface area contributed by atoms with Crippen molar-refractivity contribution in [2.24, 2.45) is 5.92 Å². The number of ketones is 1. The van der Waals surface area contributed by atoms with E-state index in [1.807, 2.05) is 0 Å². The van der Waals surface area contributed by atoms with Crippen LogP contribution < -0.4 is 0 Å². The van der Waals surface area contributed by atoms with Crippen molar-refractivity contribution in [2.45, 2.75) is 77.8 Å². The summed E-state index contributed by atoms with van der Waals surface area (Å²) in [6, 6.07) is 0.746. The van der Waals surface area contributed by atoms with Gasteiger partial charge in [0.05, 0.1) is 6.04 Å². The van der Waals surface area contributed by atoms with Gasteiger partial charge in [0, 0.05) is 6.04 Å². The van der Waals surface area contributed by atoms with Gasteiger partial charge in [0.25, 0.3) is 0 Å². The summed E-state index contributed by atoms with van der Waals surface area (Å²) < 4.78 is 0. The maximum atomic E-state index is 11.5. The van der Waals surface area contributed by atoms with E-state index in [-0.39, 0.29) is 6.04 Å². The Morgan fingerprint density at radius 1 is 1.24 bits per heavy atom. The van der Waals surface area contributed by atoms with E-state index >= 15 is 0 Å². The first-order valence-corrected chi connectivity index (χ1v) is 7.30. The molecular formula is C15H29NO. The van der Waals surface area contributed by atoms with Crippen LogP contribution in [0.4, 0.5) is 0 Å². The molecule has 3 unspecified atom stereocenters. The second kappa shape index (κ2) is 7.15. The summed E-state index contributed by atoms with van der Waals surface area (Å²) in [5, 5.41) is 0. The second-order valence-electron chi connectivity index (χ2n) is 5.72. The number of likely N-dealkylation sites (N-methyl/N-ethyl adjacent to an activating group) is 1. The molecule has 0 spiro atoms. The van der Waals surface area contributed by atoms with Crippen molar-refractivity contribution >= 4 is 5.78 Å². The molecule has 0 saturated carbocycles. The number of likely N-dealkylation sites (tertiary alicyclic amines) is 1. The zero-order chi connectivity index (χ0) is 12.8. The molecule has 3 atom stereocenters. The van der Waals surface area contributed by atoms with Gasteiger partial charge in [-0.05, 0) is 46.1 Å². The van der Waals surface area contributed by atoms with Crippen LogP contribution in [0.1, 0.15) is 65.7 Å². The maximum Gasteiger partial charge on any atom is 0.146 e. The highest BCUT2D eigenvalue weighted by atomic mass is 16.1. The van der Waals surface area contributed by atoms with E-state index in [2.05, 4.69) is 25.8 Å². The van der Waals surface area contributed by atoms with Gasteiger partial charge >= 0.3 is 0 Å². The maximum absolute atomic E-state index is 11.5. The van der Waals surface area contributed by atoms with Gasteiger partial charge in [0.1, 0.15) is 5.78 Å². The van der Waals surface area contributed by atoms with E-state index < -0.39 is 0 Å². The van der Waals surface area contributed by atoms with Gasteiger partial charge in [0.2, 0.25) is 0 Å². The van der Waals surface area contributed by atoms with Crippen molar-refractivity contribution in [3.05, 3.63) is 0 Å². The summed E-state index contributed by atoms with van der Waals surface area (Å²) in [6.07, 6.45) is 9.06. The standard InChI is InChI=1S/C15H29NO/c1-5-6-7-8-9-14-10-11-15(13(3)17)16(4)12(14)2/h12,14-15H,5-11H2,1-4H3. The fraction of sp³-hybridized carbons (Fsp3) is 0.933. The van der Waals surface area contributed by atoms with Gasteiger partial charge in [-0.25, -0.2) is 0 Å². The number of nitrogens with zero attached hydrogens (tertiary/aromatic N) is 1. The highest BCUT2D eigenvalue weighted by molar-refractivity contribution is 5.81. The number of rotatable bonds is 6. The Bertz CT molecular complexity index is 239. The minimum Gasteiger partial charge on any atom is -0.298 e. The molecule has 17 heavy (non-hydrogen) atoms. The lowest BCUT2D eigenvalue weighted by molar-refractivity contribution is -0.124. The van der Waals surface area contributed by atoms with Crippen LogP contribution >= 0.6 is 0 Å². The van der Waals surface area contributed by atoms with Crippen molar-refractivity contribution in [1.29, 1.82) is 0 Å². The Morgan fingerprint density at radius 2 is 1.94 bits per heavy atom. The van der Waals surface area contributed by atoms with Crippen LogP contribution in [-0.4, -0.2) is 29.8 Å². The van der Waals surface area contributed by atoms with Gasteiger partial charge in [-0.3, -0.25) is 9.69 Å². The zero-order valence-electron chi connectivity index (χ0n) is 12.0. The van der Waals surface area contributed by atoms with Crippen molar-refractivity contribution in [3.8, 4) is 0 Å². The summed E-state index contributed by atoms with van der Waals surface area (Å²) >= 11 is 0. The topological polar surface area (TPSA) is 20.3 Å². The quantitative estimate of drug-likeness (QED) is 0.659. The smallest absolute Gasteiger partial charge is 0.146 e. The van der Waals surface area contributed by atoms with Crippen LogP contribution in [0, 0.1) is 5.92 Å². The summed E-state index contributed by atoms with van der Waals surface area (Å²) in [6.45, 7) is 6.28. The van der Waals surface area contributed by atoms with Crippen LogP contribution in [-0.2, 0) is 4.79 Å². The molecule has 100 valence electrons. The van der Waals surface area contributed by atoms with Gasteiger partial charge in [-0.2, -0.15) is 0 Å². The third-order valence-corrected chi connectivity index (χ3v) is 4.52.